The fourth-order valence-electron chi connectivity index (χ4n) is 4.17. The number of nitrogens with one attached hydrogen (secondary N) is 1. The van der Waals surface area contributed by atoms with Crippen LogP contribution in [0, 0.1) is 23.2 Å². The molecule has 2 aliphatic rings. The molecule has 1 aliphatic heterocycles. The zero-order valence-corrected chi connectivity index (χ0v) is 14.2. The molecule has 0 bridgehead atoms. The van der Waals surface area contributed by atoms with Gasteiger partial charge in [0.25, 0.3) is 0 Å². The Labute approximate surface area is 131 Å². The van der Waals surface area contributed by atoms with E-state index in [1.54, 1.807) is 0 Å². The Morgan fingerprint density at radius 2 is 2.00 bits per heavy atom. The Hall–Kier alpha value is -0.590. The van der Waals surface area contributed by atoms with E-state index >= 15 is 0 Å². The van der Waals surface area contributed by atoms with Gasteiger partial charge in [0.15, 0.2) is 0 Å². The van der Waals surface area contributed by atoms with Crippen LogP contribution in [0.5, 0.6) is 0 Å². The molecule has 1 heterocycles. The third kappa shape index (κ3) is 4.20. The maximum Gasteiger partial charge on any atom is 0.108 e. The fraction of sp³-hybridized carbons (Fsp3) is 0.944. The van der Waals surface area contributed by atoms with Crippen LogP contribution in [0.15, 0.2) is 0 Å². The van der Waals surface area contributed by atoms with Gasteiger partial charge in [-0.15, -0.1) is 0 Å². The highest BCUT2D eigenvalue weighted by Gasteiger charge is 2.39. The monoisotopic (exact) mass is 291 g/mol. The van der Waals surface area contributed by atoms with Crippen molar-refractivity contribution in [1.29, 1.82) is 5.26 Å². The maximum atomic E-state index is 9.67. The first kappa shape index (κ1) is 16.8. The molecule has 0 aromatic heterocycles. The molecule has 0 spiro atoms. The first-order valence-corrected chi connectivity index (χ1v) is 9.00. The van der Waals surface area contributed by atoms with Crippen LogP contribution in [0.2, 0.25) is 0 Å². The van der Waals surface area contributed by atoms with Gasteiger partial charge in [0, 0.05) is 6.04 Å². The number of hydrogen-bond acceptors (Lipinski definition) is 3. The second-order valence-corrected chi connectivity index (χ2v) is 7.49. The van der Waals surface area contributed by atoms with Crippen molar-refractivity contribution in [2.75, 3.05) is 19.6 Å². The van der Waals surface area contributed by atoms with Crippen LogP contribution in [0.25, 0.3) is 0 Å². The first-order chi connectivity index (χ1) is 10.1. The van der Waals surface area contributed by atoms with Crippen LogP contribution >= 0.6 is 0 Å². The van der Waals surface area contributed by atoms with Gasteiger partial charge in [0.05, 0.1) is 6.07 Å². The van der Waals surface area contributed by atoms with Gasteiger partial charge in [-0.3, -0.25) is 5.32 Å². The van der Waals surface area contributed by atoms with Crippen LogP contribution < -0.4 is 5.32 Å². The van der Waals surface area contributed by atoms with Gasteiger partial charge in [-0.1, -0.05) is 20.8 Å². The molecule has 1 N–H and O–H groups in total. The minimum atomic E-state index is -0.256. The van der Waals surface area contributed by atoms with Gasteiger partial charge < -0.3 is 4.90 Å². The Morgan fingerprint density at radius 1 is 1.29 bits per heavy atom. The topological polar surface area (TPSA) is 39.1 Å². The van der Waals surface area contributed by atoms with Crippen molar-refractivity contribution < 1.29 is 0 Å². The third-order valence-electron chi connectivity index (χ3n) is 5.69. The lowest BCUT2D eigenvalue weighted by molar-refractivity contribution is 0.0738. The van der Waals surface area contributed by atoms with Gasteiger partial charge >= 0.3 is 0 Å². The molecule has 2 fully saturated rings. The van der Waals surface area contributed by atoms with Crippen molar-refractivity contribution in [3.05, 3.63) is 0 Å². The molecule has 1 saturated heterocycles. The predicted octanol–water partition coefficient (Wildman–Crippen LogP) is 3.56. The molecule has 1 aliphatic carbocycles. The van der Waals surface area contributed by atoms with Crippen molar-refractivity contribution in [3.63, 3.8) is 0 Å². The average molecular weight is 291 g/mol. The van der Waals surface area contributed by atoms with E-state index in [2.05, 4.69) is 37.1 Å². The lowest BCUT2D eigenvalue weighted by Gasteiger charge is -2.44. The summed E-state index contributed by atoms with van der Waals surface area (Å²) in [4.78, 5) is 2.68. The normalized spacial score (nSPS) is 32.2. The first-order valence-electron chi connectivity index (χ1n) is 9.00. The molecule has 0 amide bonds. The zero-order valence-electron chi connectivity index (χ0n) is 14.2. The molecule has 0 aromatic rings. The number of nitriles is 1. The van der Waals surface area contributed by atoms with E-state index in [-0.39, 0.29) is 5.54 Å². The Balaban J connectivity index is 1.91. The molecule has 3 heteroatoms. The molecule has 2 atom stereocenters. The van der Waals surface area contributed by atoms with Crippen LogP contribution in [0.4, 0.5) is 0 Å². The molecule has 120 valence electrons. The highest BCUT2D eigenvalue weighted by molar-refractivity contribution is 5.11. The van der Waals surface area contributed by atoms with Crippen LogP contribution in [0.3, 0.4) is 0 Å². The smallest absolute Gasteiger partial charge is 0.108 e. The number of likely N-dealkylation sites (tertiary alicyclic amines) is 1. The van der Waals surface area contributed by atoms with Crippen molar-refractivity contribution >= 4 is 0 Å². The van der Waals surface area contributed by atoms with Crippen LogP contribution in [-0.4, -0.2) is 36.1 Å². The standard InChI is InChI=1S/C18H33N3/c1-4-10-20-18(14-19)9-5-6-17(13-18)21-11-7-16(8-12-21)15(2)3/h15-17,20H,4-13H2,1-3H3. The Kier molecular flexibility index (Phi) is 6.08. The van der Waals surface area contributed by atoms with E-state index in [0.29, 0.717) is 6.04 Å². The number of hydrogen-bond donors (Lipinski definition) is 1. The van der Waals surface area contributed by atoms with E-state index in [4.69, 9.17) is 0 Å². The SMILES string of the molecule is CCCNC1(C#N)CCCC(N2CCC(C(C)C)CC2)C1. The quantitative estimate of drug-likeness (QED) is 0.842. The highest BCUT2D eigenvalue weighted by atomic mass is 15.2. The number of rotatable bonds is 5. The zero-order chi connectivity index (χ0) is 15.3. The maximum absolute atomic E-state index is 9.67. The molecule has 2 rings (SSSR count). The van der Waals surface area contributed by atoms with E-state index in [1.807, 2.05) is 0 Å². The molecule has 0 aromatic carbocycles. The minimum Gasteiger partial charge on any atom is -0.300 e. The summed E-state index contributed by atoms with van der Waals surface area (Å²) in [5, 5.41) is 13.2. The minimum absolute atomic E-state index is 0.256. The van der Waals surface area contributed by atoms with Gasteiger partial charge in [0.1, 0.15) is 5.54 Å². The van der Waals surface area contributed by atoms with E-state index in [9.17, 15) is 5.26 Å². The lowest BCUT2D eigenvalue weighted by Crippen LogP contribution is -2.54. The van der Waals surface area contributed by atoms with Crippen molar-refractivity contribution in [2.24, 2.45) is 11.8 Å². The number of piperidine rings is 1. The summed E-state index contributed by atoms with van der Waals surface area (Å²) in [6.07, 6.45) is 8.32. The molecule has 3 nitrogen and oxygen atoms in total. The summed E-state index contributed by atoms with van der Waals surface area (Å²) in [6.45, 7) is 10.3. The summed E-state index contributed by atoms with van der Waals surface area (Å²) < 4.78 is 0. The van der Waals surface area contributed by atoms with E-state index < -0.39 is 0 Å². The fourth-order valence-corrected chi connectivity index (χ4v) is 4.17. The molecule has 1 saturated carbocycles. The average Bonchev–Trinajstić information content (AvgIpc) is 2.53. The summed E-state index contributed by atoms with van der Waals surface area (Å²) in [7, 11) is 0. The van der Waals surface area contributed by atoms with Crippen molar-refractivity contribution in [1.82, 2.24) is 10.2 Å². The second kappa shape index (κ2) is 7.61. The molecular formula is C18H33N3. The van der Waals surface area contributed by atoms with Gasteiger partial charge in [-0.25, -0.2) is 0 Å². The highest BCUT2D eigenvalue weighted by Crippen LogP contribution is 2.34. The second-order valence-electron chi connectivity index (χ2n) is 7.49. The van der Waals surface area contributed by atoms with Gasteiger partial charge in [0.2, 0.25) is 0 Å². The molecular weight excluding hydrogens is 258 g/mol. The Morgan fingerprint density at radius 3 is 2.57 bits per heavy atom. The van der Waals surface area contributed by atoms with Crippen LogP contribution in [-0.2, 0) is 0 Å². The Bertz CT molecular complexity index is 352. The molecule has 2 unspecified atom stereocenters. The molecule has 21 heavy (non-hydrogen) atoms. The van der Waals surface area contributed by atoms with E-state index in [1.165, 1.54) is 38.8 Å². The summed E-state index contributed by atoms with van der Waals surface area (Å²) in [6, 6.07) is 3.23. The summed E-state index contributed by atoms with van der Waals surface area (Å²) >= 11 is 0. The largest absolute Gasteiger partial charge is 0.300 e. The van der Waals surface area contributed by atoms with Gasteiger partial charge in [-0.2, -0.15) is 5.26 Å². The predicted molar refractivity (Wildman–Crippen MR) is 88.0 cm³/mol. The van der Waals surface area contributed by atoms with Crippen LogP contribution in [0.1, 0.15) is 65.7 Å². The number of nitrogens with zero attached hydrogens (tertiary/aromatic N) is 2. The third-order valence-corrected chi connectivity index (χ3v) is 5.69. The summed E-state index contributed by atoms with van der Waals surface area (Å²) in [5.41, 5.74) is -0.256. The van der Waals surface area contributed by atoms with E-state index in [0.717, 1.165) is 37.6 Å². The van der Waals surface area contributed by atoms with Gasteiger partial charge in [-0.05, 0) is 76.4 Å². The molecule has 0 radical (unpaired) electrons. The van der Waals surface area contributed by atoms with Crippen molar-refractivity contribution in [2.45, 2.75) is 77.3 Å². The van der Waals surface area contributed by atoms with Crippen molar-refractivity contribution in [3.8, 4) is 6.07 Å². The lowest BCUT2D eigenvalue weighted by atomic mass is 9.78. The summed E-state index contributed by atoms with van der Waals surface area (Å²) in [5.74, 6) is 1.73.